The molecule has 1 aromatic heterocycles. The molecule has 1 saturated heterocycles. The fraction of sp³-hybridized carbons (Fsp3) is 0.615. The number of aryl methyl sites for hydroxylation is 1. The van der Waals surface area contributed by atoms with E-state index in [1.54, 1.807) is 5.51 Å². The molecule has 1 aliphatic rings. The minimum absolute atomic E-state index is 0.0664. The Kier molecular flexibility index (Phi) is 4.52. The first-order valence-corrected chi connectivity index (χ1v) is 7.37. The van der Waals surface area contributed by atoms with Gasteiger partial charge in [-0.3, -0.25) is 9.59 Å². The number of carboxylic acids is 1. The molecule has 1 aliphatic heterocycles. The summed E-state index contributed by atoms with van der Waals surface area (Å²) in [5.41, 5.74) is 2.49. The number of thiazole rings is 1. The number of aliphatic carboxylic acids is 1. The van der Waals surface area contributed by atoms with Gasteiger partial charge in [0, 0.05) is 19.5 Å². The average Bonchev–Trinajstić information content (AvgIpc) is 2.82. The van der Waals surface area contributed by atoms with Gasteiger partial charge in [-0.05, 0) is 32.1 Å². The standard InChI is InChI=1S/C13H18N2O3S/c1-9-12(19-8-14-9)13(18)15-6-4-10(5-7-15)2-3-11(16)17/h8,10H,2-7H2,1H3,(H,16,17). The Morgan fingerprint density at radius 3 is 2.68 bits per heavy atom. The van der Waals surface area contributed by atoms with E-state index in [-0.39, 0.29) is 12.3 Å². The first-order chi connectivity index (χ1) is 9.08. The SMILES string of the molecule is Cc1ncsc1C(=O)N1CCC(CCC(=O)O)CC1. The summed E-state index contributed by atoms with van der Waals surface area (Å²) in [6, 6.07) is 0. The summed E-state index contributed by atoms with van der Waals surface area (Å²) in [5, 5.41) is 8.67. The van der Waals surface area contributed by atoms with Crippen LogP contribution in [0.5, 0.6) is 0 Å². The maximum absolute atomic E-state index is 12.3. The van der Waals surface area contributed by atoms with Crippen LogP contribution < -0.4 is 0 Å². The number of amides is 1. The number of hydrogen-bond acceptors (Lipinski definition) is 4. The summed E-state index contributed by atoms with van der Waals surface area (Å²) in [4.78, 5) is 29.5. The molecule has 0 saturated carbocycles. The molecule has 1 amide bonds. The highest BCUT2D eigenvalue weighted by Crippen LogP contribution is 2.24. The summed E-state index contributed by atoms with van der Waals surface area (Å²) in [6.07, 6.45) is 2.75. The molecule has 2 rings (SSSR count). The molecule has 104 valence electrons. The zero-order valence-electron chi connectivity index (χ0n) is 11.0. The van der Waals surface area contributed by atoms with Crippen molar-refractivity contribution in [2.45, 2.75) is 32.6 Å². The smallest absolute Gasteiger partial charge is 0.303 e. The normalized spacial score (nSPS) is 16.6. The Morgan fingerprint density at radius 1 is 1.47 bits per heavy atom. The summed E-state index contributed by atoms with van der Waals surface area (Å²) in [7, 11) is 0. The molecule has 1 aromatic rings. The Balaban J connectivity index is 1.85. The summed E-state index contributed by atoms with van der Waals surface area (Å²) in [5.74, 6) is -0.238. The van der Waals surface area contributed by atoms with Crippen molar-refractivity contribution < 1.29 is 14.7 Å². The third kappa shape index (κ3) is 3.53. The molecule has 1 N–H and O–H groups in total. The van der Waals surface area contributed by atoms with Gasteiger partial charge in [-0.25, -0.2) is 4.98 Å². The summed E-state index contributed by atoms with van der Waals surface area (Å²) < 4.78 is 0. The van der Waals surface area contributed by atoms with Crippen LogP contribution >= 0.6 is 11.3 Å². The van der Waals surface area contributed by atoms with Gasteiger partial charge in [0.25, 0.3) is 5.91 Å². The van der Waals surface area contributed by atoms with Gasteiger partial charge in [0.1, 0.15) is 4.88 Å². The van der Waals surface area contributed by atoms with Crippen LogP contribution in [0.15, 0.2) is 5.51 Å². The van der Waals surface area contributed by atoms with Crippen molar-refractivity contribution in [2.24, 2.45) is 5.92 Å². The number of nitrogens with zero attached hydrogens (tertiary/aromatic N) is 2. The Bertz CT molecular complexity index is 464. The van der Waals surface area contributed by atoms with E-state index in [0.717, 1.165) is 42.9 Å². The molecule has 0 atom stereocenters. The van der Waals surface area contributed by atoms with Crippen LogP contribution in [0.1, 0.15) is 41.0 Å². The van der Waals surface area contributed by atoms with Crippen molar-refractivity contribution >= 4 is 23.2 Å². The van der Waals surface area contributed by atoms with Crippen molar-refractivity contribution in [3.8, 4) is 0 Å². The van der Waals surface area contributed by atoms with Crippen molar-refractivity contribution in [1.29, 1.82) is 0 Å². The number of carbonyl (C=O) groups is 2. The minimum Gasteiger partial charge on any atom is -0.481 e. The number of aromatic nitrogens is 1. The average molecular weight is 282 g/mol. The van der Waals surface area contributed by atoms with Gasteiger partial charge < -0.3 is 10.0 Å². The fourth-order valence-corrected chi connectivity index (χ4v) is 3.17. The molecule has 0 spiro atoms. The lowest BCUT2D eigenvalue weighted by molar-refractivity contribution is -0.137. The van der Waals surface area contributed by atoms with E-state index in [4.69, 9.17) is 5.11 Å². The number of carboxylic acid groups (broad SMARTS) is 1. The first-order valence-electron chi connectivity index (χ1n) is 6.49. The number of rotatable bonds is 4. The molecule has 0 aliphatic carbocycles. The summed E-state index contributed by atoms with van der Waals surface area (Å²) in [6.45, 7) is 3.30. The molecule has 5 nitrogen and oxygen atoms in total. The second-order valence-corrected chi connectivity index (χ2v) is 5.79. The molecule has 0 bridgehead atoms. The van der Waals surface area contributed by atoms with E-state index < -0.39 is 5.97 Å². The molecule has 0 unspecified atom stereocenters. The molecule has 0 radical (unpaired) electrons. The minimum atomic E-state index is -0.737. The van der Waals surface area contributed by atoms with Crippen LogP contribution in [0.4, 0.5) is 0 Å². The molecular formula is C13H18N2O3S. The van der Waals surface area contributed by atoms with Gasteiger partial charge >= 0.3 is 5.97 Å². The third-order valence-corrected chi connectivity index (χ3v) is 4.52. The maximum atomic E-state index is 12.3. The van der Waals surface area contributed by atoms with Crippen molar-refractivity contribution in [3.63, 3.8) is 0 Å². The van der Waals surface area contributed by atoms with Gasteiger partial charge in [0.05, 0.1) is 11.2 Å². The highest BCUT2D eigenvalue weighted by molar-refractivity contribution is 7.11. The van der Waals surface area contributed by atoms with E-state index in [1.807, 2.05) is 11.8 Å². The van der Waals surface area contributed by atoms with Crippen LogP contribution in [-0.2, 0) is 4.79 Å². The molecule has 2 heterocycles. The largest absolute Gasteiger partial charge is 0.481 e. The van der Waals surface area contributed by atoms with E-state index in [9.17, 15) is 9.59 Å². The summed E-state index contributed by atoms with van der Waals surface area (Å²) >= 11 is 1.39. The predicted octanol–water partition coefficient (Wildman–Crippen LogP) is 2.17. The predicted molar refractivity (Wildman–Crippen MR) is 72.3 cm³/mol. The third-order valence-electron chi connectivity index (χ3n) is 3.61. The van der Waals surface area contributed by atoms with E-state index in [2.05, 4.69) is 4.98 Å². The maximum Gasteiger partial charge on any atom is 0.303 e. The lowest BCUT2D eigenvalue weighted by atomic mass is 9.92. The highest BCUT2D eigenvalue weighted by Gasteiger charge is 2.25. The molecule has 1 fully saturated rings. The Morgan fingerprint density at radius 2 is 2.16 bits per heavy atom. The zero-order chi connectivity index (χ0) is 13.8. The van der Waals surface area contributed by atoms with Crippen LogP contribution in [0.3, 0.4) is 0 Å². The fourth-order valence-electron chi connectivity index (χ4n) is 2.40. The monoisotopic (exact) mass is 282 g/mol. The molecule has 19 heavy (non-hydrogen) atoms. The van der Waals surface area contributed by atoms with E-state index in [1.165, 1.54) is 11.3 Å². The van der Waals surface area contributed by atoms with Crippen LogP contribution in [0.25, 0.3) is 0 Å². The lowest BCUT2D eigenvalue weighted by Gasteiger charge is -2.31. The number of likely N-dealkylation sites (tertiary alicyclic amines) is 1. The Hall–Kier alpha value is -1.43. The van der Waals surface area contributed by atoms with E-state index >= 15 is 0 Å². The number of carbonyl (C=O) groups excluding carboxylic acids is 1. The topological polar surface area (TPSA) is 70.5 Å². The van der Waals surface area contributed by atoms with Crippen LogP contribution in [0, 0.1) is 12.8 Å². The van der Waals surface area contributed by atoms with Gasteiger partial charge in [0.2, 0.25) is 0 Å². The zero-order valence-corrected chi connectivity index (χ0v) is 11.8. The van der Waals surface area contributed by atoms with Gasteiger partial charge in [-0.1, -0.05) is 0 Å². The molecule has 0 aromatic carbocycles. The highest BCUT2D eigenvalue weighted by atomic mass is 32.1. The van der Waals surface area contributed by atoms with Crippen LogP contribution in [-0.4, -0.2) is 40.0 Å². The van der Waals surface area contributed by atoms with Crippen molar-refractivity contribution in [1.82, 2.24) is 9.88 Å². The number of piperidine rings is 1. The lowest BCUT2D eigenvalue weighted by Crippen LogP contribution is -2.38. The number of hydrogen-bond donors (Lipinski definition) is 1. The van der Waals surface area contributed by atoms with Crippen LogP contribution in [0.2, 0.25) is 0 Å². The van der Waals surface area contributed by atoms with Crippen molar-refractivity contribution in [2.75, 3.05) is 13.1 Å². The Labute approximate surface area is 116 Å². The molecular weight excluding hydrogens is 264 g/mol. The second-order valence-electron chi connectivity index (χ2n) is 4.93. The van der Waals surface area contributed by atoms with Gasteiger partial charge in [0.15, 0.2) is 0 Å². The first kappa shape index (κ1) is 14.0. The van der Waals surface area contributed by atoms with Crippen molar-refractivity contribution in [3.05, 3.63) is 16.1 Å². The quantitative estimate of drug-likeness (QED) is 0.918. The van der Waals surface area contributed by atoms with Gasteiger partial charge in [-0.15, -0.1) is 11.3 Å². The molecule has 6 heteroatoms. The second kappa shape index (κ2) is 6.14. The van der Waals surface area contributed by atoms with E-state index in [0.29, 0.717) is 5.92 Å². The van der Waals surface area contributed by atoms with Gasteiger partial charge in [-0.2, -0.15) is 0 Å².